The number of hydrogen-bond acceptors (Lipinski definition) is 7. The van der Waals surface area contributed by atoms with Crippen LogP contribution in [0.25, 0.3) is 22.1 Å². The molecule has 0 fully saturated rings. The minimum absolute atomic E-state index is 0.530. The molecule has 3 heterocycles. The number of hydrogen-bond donors (Lipinski definition) is 0. The predicted molar refractivity (Wildman–Crippen MR) is 91.7 cm³/mol. The average molecular weight is 340 g/mol. The van der Waals surface area contributed by atoms with E-state index in [9.17, 15) is 0 Å². The number of aryl methyl sites for hydroxylation is 2. The van der Waals surface area contributed by atoms with E-state index in [0.717, 1.165) is 35.0 Å². The normalized spacial score (nSPS) is 11.6. The second-order valence-electron chi connectivity index (χ2n) is 5.46. The molecular formula is C16H16N6OS. The van der Waals surface area contributed by atoms with Crippen molar-refractivity contribution in [2.75, 3.05) is 0 Å². The maximum atomic E-state index is 5.12. The lowest BCUT2D eigenvalue weighted by atomic mass is 10.2. The standard InChI is InChI=1S/C16H16N6OS/c1-3-8-22-12-7-5-4-6-11(12)14-15(22)18-16(20-19-14)24-9-13-17-10(2)21-23-13/h4-7H,3,8-9H2,1-2H3. The van der Waals surface area contributed by atoms with Gasteiger partial charge in [-0.05, 0) is 19.4 Å². The van der Waals surface area contributed by atoms with Gasteiger partial charge in [0.05, 0.1) is 11.3 Å². The van der Waals surface area contributed by atoms with Crippen molar-refractivity contribution in [1.82, 2.24) is 29.9 Å². The van der Waals surface area contributed by atoms with E-state index in [4.69, 9.17) is 9.51 Å². The SMILES string of the molecule is CCCn1c2ccccc2c2nnc(SCc3nc(C)no3)nc21. The summed E-state index contributed by atoms with van der Waals surface area (Å²) >= 11 is 1.44. The minimum Gasteiger partial charge on any atom is -0.338 e. The zero-order valence-corrected chi connectivity index (χ0v) is 14.2. The Morgan fingerprint density at radius 2 is 2.04 bits per heavy atom. The van der Waals surface area contributed by atoms with Crippen molar-refractivity contribution in [3.63, 3.8) is 0 Å². The first-order valence-electron chi connectivity index (χ1n) is 7.80. The molecule has 0 aliphatic rings. The van der Waals surface area contributed by atoms with E-state index in [0.29, 0.717) is 22.6 Å². The lowest BCUT2D eigenvalue weighted by Gasteiger charge is -2.04. The highest BCUT2D eigenvalue weighted by Crippen LogP contribution is 2.28. The molecule has 3 aromatic heterocycles. The molecule has 4 aromatic rings. The minimum atomic E-state index is 0.530. The summed E-state index contributed by atoms with van der Waals surface area (Å²) in [5, 5.41) is 14.1. The fourth-order valence-electron chi connectivity index (χ4n) is 2.73. The maximum Gasteiger partial charge on any atom is 0.237 e. The van der Waals surface area contributed by atoms with Crippen LogP contribution in [0.5, 0.6) is 0 Å². The molecule has 0 amide bonds. The topological polar surface area (TPSA) is 82.5 Å². The number of para-hydroxylation sites is 1. The van der Waals surface area contributed by atoms with Gasteiger partial charge in [0.2, 0.25) is 11.0 Å². The van der Waals surface area contributed by atoms with Gasteiger partial charge in [-0.15, -0.1) is 10.2 Å². The summed E-state index contributed by atoms with van der Waals surface area (Å²) in [5.41, 5.74) is 2.86. The third-order valence-corrected chi connectivity index (χ3v) is 4.52. The molecule has 0 aliphatic carbocycles. The molecular weight excluding hydrogens is 324 g/mol. The zero-order chi connectivity index (χ0) is 16.5. The summed E-state index contributed by atoms with van der Waals surface area (Å²) < 4.78 is 7.33. The van der Waals surface area contributed by atoms with Crippen molar-refractivity contribution in [2.24, 2.45) is 0 Å². The van der Waals surface area contributed by atoms with Crippen LogP contribution in [0.2, 0.25) is 0 Å². The fourth-order valence-corrected chi connectivity index (χ4v) is 3.34. The summed E-state index contributed by atoms with van der Waals surface area (Å²) in [7, 11) is 0. The summed E-state index contributed by atoms with van der Waals surface area (Å²) in [4.78, 5) is 8.91. The van der Waals surface area contributed by atoms with Crippen LogP contribution in [0.15, 0.2) is 33.9 Å². The Morgan fingerprint density at radius 3 is 2.83 bits per heavy atom. The summed E-state index contributed by atoms with van der Waals surface area (Å²) in [6, 6.07) is 8.21. The Morgan fingerprint density at radius 1 is 1.17 bits per heavy atom. The Bertz CT molecular complexity index is 1010. The van der Waals surface area contributed by atoms with E-state index in [-0.39, 0.29) is 0 Å². The van der Waals surface area contributed by atoms with Crippen molar-refractivity contribution in [3.8, 4) is 0 Å². The molecule has 24 heavy (non-hydrogen) atoms. The predicted octanol–water partition coefficient (Wildman–Crippen LogP) is 3.37. The lowest BCUT2D eigenvalue weighted by molar-refractivity contribution is 0.387. The molecule has 7 nitrogen and oxygen atoms in total. The number of rotatable bonds is 5. The monoisotopic (exact) mass is 340 g/mol. The van der Waals surface area contributed by atoms with Crippen LogP contribution in [0, 0.1) is 6.92 Å². The molecule has 0 bridgehead atoms. The first kappa shape index (κ1) is 15.1. The fraction of sp³-hybridized carbons (Fsp3) is 0.312. The molecule has 0 spiro atoms. The highest BCUT2D eigenvalue weighted by atomic mass is 32.2. The third kappa shape index (κ3) is 2.62. The smallest absolute Gasteiger partial charge is 0.237 e. The van der Waals surface area contributed by atoms with E-state index in [2.05, 4.69) is 44.0 Å². The van der Waals surface area contributed by atoms with Gasteiger partial charge in [-0.1, -0.05) is 42.0 Å². The van der Waals surface area contributed by atoms with Crippen molar-refractivity contribution in [2.45, 2.75) is 37.7 Å². The van der Waals surface area contributed by atoms with Crippen molar-refractivity contribution < 1.29 is 4.52 Å². The Labute approximate surface area is 142 Å². The van der Waals surface area contributed by atoms with Crippen molar-refractivity contribution >= 4 is 33.8 Å². The van der Waals surface area contributed by atoms with Gasteiger partial charge in [-0.3, -0.25) is 0 Å². The Kier molecular flexibility index (Phi) is 3.89. The summed E-state index contributed by atoms with van der Waals surface area (Å²) in [6.45, 7) is 4.85. The number of thioether (sulfide) groups is 1. The number of fused-ring (bicyclic) bond motifs is 3. The first-order valence-corrected chi connectivity index (χ1v) is 8.78. The lowest BCUT2D eigenvalue weighted by Crippen LogP contribution is -2.00. The van der Waals surface area contributed by atoms with E-state index in [1.54, 1.807) is 6.92 Å². The van der Waals surface area contributed by atoms with Gasteiger partial charge in [0.15, 0.2) is 11.5 Å². The molecule has 122 valence electrons. The van der Waals surface area contributed by atoms with Crippen LogP contribution in [-0.4, -0.2) is 29.9 Å². The molecule has 4 rings (SSSR count). The van der Waals surface area contributed by atoms with Gasteiger partial charge in [0, 0.05) is 11.9 Å². The third-order valence-electron chi connectivity index (χ3n) is 3.70. The maximum absolute atomic E-state index is 5.12. The second-order valence-corrected chi connectivity index (χ2v) is 6.40. The van der Waals surface area contributed by atoms with Gasteiger partial charge < -0.3 is 9.09 Å². The number of benzene rings is 1. The number of nitrogens with zero attached hydrogens (tertiary/aromatic N) is 6. The number of aromatic nitrogens is 6. The molecule has 0 aliphatic heterocycles. The summed E-state index contributed by atoms with van der Waals surface area (Å²) in [6.07, 6.45) is 1.03. The average Bonchev–Trinajstić information content (AvgIpc) is 3.15. The van der Waals surface area contributed by atoms with Gasteiger partial charge in [0.25, 0.3) is 0 Å². The quantitative estimate of drug-likeness (QED) is 0.515. The molecule has 0 N–H and O–H groups in total. The van der Waals surface area contributed by atoms with Gasteiger partial charge in [0.1, 0.15) is 5.52 Å². The molecule has 0 atom stereocenters. The van der Waals surface area contributed by atoms with Crippen LogP contribution in [-0.2, 0) is 12.3 Å². The van der Waals surface area contributed by atoms with E-state index in [1.807, 2.05) is 12.1 Å². The van der Waals surface area contributed by atoms with Crippen LogP contribution >= 0.6 is 11.8 Å². The molecule has 0 unspecified atom stereocenters. The van der Waals surface area contributed by atoms with Crippen molar-refractivity contribution in [3.05, 3.63) is 36.0 Å². The Hall–Kier alpha value is -2.48. The van der Waals surface area contributed by atoms with Gasteiger partial charge >= 0.3 is 0 Å². The van der Waals surface area contributed by atoms with E-state index < -0.39 is 0 Å². The highest BCUT2D eigenvalue weighted by molar-refractivity contribution is 7.98. The molecule has 1 aromatic carbocycles. The molecule has 8 heteroatoms. The van der Waals surface area contributed by atoms with Crippen LogP contribution < -0.4 is 0 Å². The van der Waals surface area contributed by atoms with Crippen LogP contribution in [0.4, 0.5) is 0 Å². The highest BCUT2D eigenvalue weighted by Gasteiger charge is 2.14. The van der Waals surface area contributed by atoms with Crippen LogP contribution in [0.1, 0.15) is 25.1 Å². The largest absolute Gasteiger partial charge is 0.338 e. The van der Waals surface area contributed by atoms with Gasteiger partial charge in [-0.25, -0.2) is 4.98 Å². The van der Waals surface area contributed by atoms with E-state index in [1.165, 1.54) is 11.8 Å². The second kappa shape index (κ2) is 6.20. The Balaban J connectivity index is 1.73. The van der Waals surface area contributed by atoms with Crippen LogP contribution in [0.3, 0.4) is 0 Å². The van der Waals surface area contributed by atoms with Crippen molar-refractivity contribution in [1.29, 1.82) is 0 Å². The van der Waals surface area contributed by atoms with E-state index >= 15 is 0 Å². The molecule has 0 radical (unpaired) electrons. The first-order chi connectivity index (χ1) is 11.8. The zero-order valence-electron chi connectivity index (χ0n) is 13.4. The molecule has 0 saturated carbocycles. The summed E-state index contributed by atoms with van der Waals surface area (Å²) in [5.74, 6) is 1.72. The molecule has 0 saturated heterocycles. The van der Waals surface area contributed by atoms with Gasteiger partial charge in [-0.2, -0.15) is 4.98 Å².